The molecule has 80 valence electrons. The van der Waals surface area contributed by atoms with E-state index in [1.807, 2.05) is 0 Å². The fourth-order valence-corrected chi connectivity index (χ4v) is 1.11. The van der Waals surface area contributed by atoms with Crippen LogP contribution in [0.2, 0.25) is 0 Å². The summed E-state index contributed by atoms with van der Waals surface area (Å²) in [4.78, 5) is 21.4. The lowest BCUT2D eigenvalue weighted by atomic mass is 10.3. The normalized spacial score (nSPS) is 10.5. The summed E-state index contributed by atoms with van der Waals surface area (Å²) in [5.74, 6) is -1.14. The molecular formula is C10H12N2O3. The molecule has 1 aromatic rings. The molecule has 0 aliphatic carbocycles. The van der Waals surface area contributed by atoms with Crippen molar-refractivity contribution in [3.05, 3.63) is 30.1 Å². The van der Waals surface area contributed by atoms with Crippen LogP contribution in [0.25, 0.3) is 6.08 Å². The number of carbonyl (C=O) groups excluding carboxylic acids is 1. The van der Waals surface area contributed by atoms with Gasteiger partial charge in [-0.2, -0.15) is 0 Å². The highest BCUT2D eigenvalue weighted by Crippen LogP contribution is 2.04. The zero-order valence-electron chi connectivity index (χ0n) is 8.30. The average molecular weight is 208 g/mol. The molecule has 5 nitrogen and oxygen atoms in total. The third kappa shape index (κ3) is 3.30. The first-order valence-corrected chi connectivity index (χ1v) is 4.40. The van der Waals surface area contributed by atoms with E-state index in [9.17, 15) is 9.59 Å². The molecule has 1 aromatic heterocycles. The topological polar surface area (TPSA) is 71.3 Å². The van der Waals surface area contributed by atoms with Gasteiger partial charge in [0, 0.05) is 25.0 Å². The first-order chi connectivity index (χ1) is 7.13. The molecule has 15 heavy (non-hydrogen) atoms. The van der Waals surface area contributed by atoms with Gasteiger partial charge in [0.1, 0.15) is 6.54 Å². The summed E-state index contributed by atoms with van der Waals surface area (Å²) < 4.78 is 1.66. The van der Waals surface area contributed by atoms with Crippen molar-refractivity contribution in [3.63, 3.8) is 0 Å². The van der Waals surface area contributed by atoms with E-state index in [1.165, 1.54) is 6.08 Å². The number of hydrogen-bond donors (Lipinski definition) is 2. The minimum absolute atomic E-state index is 0.129. The Labute approximate surface area is 87.0 Å². The maximum absolute atomic E-state index is 11.1. The van der Waals surface area contributed by atoms with Crippen molar-refractivity contribution in [2.45, 2.75) is 6.54 Å². The maximum atomic E-state index is 11.1. The van der Waals surface area contributed by atoms with E-state index in [0.717, 1.165) is 6.08 Å². The number of amides is 1. The van der Waals surface area contributed by atoms with E-state index < -0.39 is 5.97 Å². The molecule has 0 fully saturated rings. The number of carboxylic acid groups (broad SMARTS) is 1. The van der Waals surface area contributed by atoms with Crippen molar-refractivity contribution < 1.29 is 14.7 Å². The predicted molar refractivity (Wildman–Crippen MR) is 55.2 cm³/mol. The molecule has 2 N–H and O–H groups in total. The maximum Gasteiger partial charge on any atom is 0.328 e. The van der Waals surface area contributed by atoms with Crippen LogP contribution in [0.4, 0.5) is 0 Å². The van der Waals surface area contributed by atoms with Crippen molar-refractivity contribution >= 4 is 18.0 Å². The average Bonchev–Trinajstić information content (AvgIpc) is 2.62. The molecule has 0 unspecified atom stereocenters. The van der Waals surface area contributed by atoms with Crippen molar-refractivity contribution in [2.24, 2.45) is 0 Å². The van der Waals surface area contributed by atoms with Gasteiger partial charge in [0.2, 0.25) is 5.91 Å². The summed E-state index contributed by atoms with van der Waals surface area (Å²) in [6.07, 6.45) is 4.21. The number of rotatable bonds is 4. The second kappa shape index (κ2) is 4.99. The first-order valence-electron chi connectivity index (χ1n) is 4.40. The van der Waals surface area contributed by atoms with Crippen LogP contribution < -0.4 is 5.32 Å². The van der Waals surface area contributed by atoms with Crippen LogP contribution in [-0.2, 0) is 16.1 Å². The molecule has 1 heterocycles. The van der Waals surface area contributed by atoms with Crippen LogP contribution >= 0.6 is 0 Å². The highest BCUT2D eigenvalue weighted by molar-refractivity contribution is 5.85. The largest absolute Gasteiger partial charge is 0.478 e. The third-order valence-corrected chi connectivity index (χ3v) is 1.85. The molecular weight excluding hydrogens is 196 g/mol. The van der Waals surface area contributed by atoms with Crippen LogP contribution in [-0.4, -0.2) is 28.6 Å². The third-order valence-electron chi connectivity index (χ3n) is 1.85. The predicted octanol–water partition coefficient (Wildman–Crippen LogP) is 0.332. The smallest absolute Gasteiger partial charge is 0.328 e. The molecule has 0 aromatic carbocycles. The quantitative estimate of drug-likeness (QED) is 0.700. The van der Waals surface area contributed by atoms with Crippen LogP contribution in [0.5, 0.6) is 0 Å². The van der Waals surface area contributed by atoms with E-state index in [1.54, 1.807) is 29.9 Å². The van der Waals surface area contributed by atoms with Gasteiger partial charge >= 0.3 is 5.97 Å². The Morgan fingerprint density at radius 1 is 1.60 bits per heavy atom. The standard InChI is InChI=1S/C10H12N2O3/c1-11-9(13)7-12-6-2-3-8(12)4-5-10(14)15/h2-6H,7H2,1H3,(H,11,13)(H,14,15)/b5-4+. The Kier molecular flexibility index (Phi) is 3.68. The Bertz CT molecular complexity index is 393. The van der Waals surface area contributed by atoms with Crippen LogP contribution in [0.3, 0.4) is 0 Å². The van der Waals surface area contributed by atoms with E-state index in [0.29, 0.717) is 5.69 Å². The molecule has 0 saturated heterocycles. The van der Waals surface area contributed by atoms with Gasteiger partial charge in [0.25, 0.3) is 0 Å². The molecule has 0 spiro atoms. The number of hydrogen-bond acceptors (Lipinski definition) is 2. The molecule has 0 radical (unpaired) electrons. The van der Waals surface area contributed by atoms with Crippen molar-refractivity contribution in [1.29, 1.82) is 0 Å². The van der Waals surface area contributed by atoms with Gasteiger partial charge in [0.05, 0.1) is 0 Å². The lowest BCUT2D eigenvalue weighted by molar-refractivity contribution is -0.131. The van der Waals surface area contributed by atoms with E-state index in [2.05, 4.69) is 5.32 Å². The van der Waals surface area contributed by atoms with Gasteiger partial charge in [-0.1, -0.05) is 0 Å². The Balaban J connectivity index is 2.77. The van der Waals surface area contributed by atoms with Gasteiger partial charge in [0.15, 0.2) is 0 Å². The second-order valence-corrected chi connectivity index (χ2v) is 2.91. The van der Waals surface area contributed by atoms with E-state index in [-0.39, 0.29) is 12.5 Å². The molecule has 1 amide bonds. The van der Waals surface area contributed by atoms with Gasteiger partial charge in [-0.15, -0.1) is 0 Å². The van der Waals surface area contributed by atoms with Crippen LogP contribution in [0.15, 0.2) is 24.4 Å². The molecule has 0 bridgehead atoms. The summed E-state index contributed by atoms with van der Waals surface area (Å²) in [6, 6.07) is 3.49. The van der Waals surface area contributed by atoms with Crippen molar-refractivity contribution in [3.8, 4) is 0 Å². The van der Waals surface area contributed by atoms with Gasteiger partial charge < -0.3 is 15.0 Å². The summed E-state index contributed by atoms with van der Waals surface area (Å²) in [5, 5.41) is 11.0. The summed E-state index contributed by atoms with van der Waals surface area (Å²) >= 11 is 0. The first kappa shape index (κ1) is 11.0. The van der Waals surface area contributed by atoms with E-state index in [4.69, 9.17) is 5.11 Å². The molecule has 1 rings (SSSR count). The summed E-state index contributed by atoms with van der Waals surface area (Å²) in [6.45, 7) is 0.183. The highest BCUT2D eigenvalue weighted by Gasteiger charge is 2.02. The summed E-state index contributed by atoms with van der Waals surface area (Å²) in [5.41, 5.74) is 0.681. The lowest BCUT2D eigenvalue weighted by Gasteiger charge is -2.04. The van der Waals surface area contributed by atoms with Crippen molar-refractivity contribution in [1.82, 2.24) is 9.88 Å². The number of nitrogens with one attached hydrogen (secondary N) is 1. The number of carboxylic acids is 1. The Hall–Kier alpha value is -2.04. The van der Waals surface area contributed by atoms with Crippen LogP contribution in [0.1, 0.15) is 5.69 Å². The fourth-order valence-electron chi connectivity index (χ4n) is 1.11. The molecule has 0 atom stereocenters. The van der Waals surface area contributed by atoms with Gasteiger partial charge in [-0.25, -0.2) is 4.79 Å². The molecule has 0 aliphatic heterocycles. The monoisotopic (exact) mass is 208 g/mol. The number of likely N-dealkylation sites (N-methyl/N-ethyl adjacent to an activating group) is 1. The van der Waals surface area contributed by atoms with Crippen LogP contribution in [0, 0.1) is 0 Å². The molecule has 0 saturated carbocycles. The molecule has 5 heteroatoms. The van der Waals surface area contributed by atoms with Crippen molar-refractivity contribution in [2.75, 3.05) is 7.05 Å². The highest BCUT2D eigenvalue weighted by atomic mass is 16.4. The second-order valence-electron chi connectivity index (χ2n) is 2.91. The SMILES string of the molecule is CNC(=O)Cn1cccc1/C=C/C(=O)O. The van der Waals surface area contributed by atoms with Gasteiger partial charge in [-0.05, 0) is 18.2 Å². The zero-order chi connectivity index (χ0) is 11.3. The van der Waals surface area contributed by atoms with Gasteiger partial charge in [-0.3, -0.25) is 4.79 Å². The van der Waals surface area contributed by atoms with E-state index >= 15 is 0 Å². The number of aromatic nitrogens is 1. The minimum atomic E-state index is -1.01. The Morgan fingerprint density at radius 3 is 2.93 bits per heavy atom. The molecule has 0 aliphatic rings. The minimum Gasteiger partial charge on any atom is -0.478 e. The zero-order valence-corrected chi connectivity index (χ0v) is 8.30. The lowest BCUT2D eigenvalue weighted by Crippen LogP contribution is -2.23. The summed E-state index contributed by atoms with van der Waals surface area (Å²) in [7, 11) is 1.55. The number of aliphatic carboxylic acids is 1. The number of nitrogens with zero attached hydrogens (tertiary/aromatic N) is 1. The number of carbonyl (C=O) groups is 2. The fraction of sp³-hybridized carbons (Fsp3) is 0.200. The Morgan fingerprint density at radius 2 is 2.33 bits per heavy atom.